The predicted molar refractivity (Wildman–Crippen MR) is 56.8 cm³/mol. The van der Waals surface area contributed by atoms with Crippen LogP contribution >= 0.6 is 0 Å². The number of terminal acetylenes is 1. The van der Waals surface area contributed by atoms with Gasteiger partial charge in [-0.1, -0.05) is 31.0 Å². The number of nitrogens with one attached hydrogen (secondary N) is 1. The molecule has 0 aliphatic carbocycles. The van der Waals surface area contributed by atoms with E-state index in [1.165, 1.54) is 0 Å². The Morgan fingerprint density at radius 1 is 1.50 bits per heavy atom. The number of amides is 1. The molecule has 1 aromatic carbocycles. The largest absolute Gasteiger partial charge is 0.338 e. The van der Waals surface area contributed by atoms with Gasteiger partial charge in [0.2, 0.25) is 0 Å². The maximum absolute atomic E-state index is 11.6. The summed E-state index contributed by atoms with van der Waals surface area (Å²) in [6.07, 6.45) is 5.99. The van der Waals surface area contributed by atoms with Crippen LogP contribution in [0.1, 0.15) is 23.7 Å². The van der Waals surface area contributed by atoms with Crippen molar-refractivity contribution in [3.05, 3.63) is 35.9 Å². The molecule has 1 N–H and O–H groups in total. The maximum Gasteiger partial charge on any atom is 0.252 e. The van der Waals surface area contributed by atoms with Crippen LogP contribution in [0.5, 0.6) is 0 Å². The van der Waals surface area contributed by atoms with Crippen LogP contribution in [0.4, 0.5) is 0 Å². The number of hydrogen-bond donors (Lipinski definition) is 1. The summed E-state index contributed by atoms with van der Waals surface area (Å²) in [5.74, 6) is 2.41. The molecule has 0 aromatic heterocycles. The number of carbonyl (C=O) groups is 1. The van der Waals surface area contributed by atoms with Crippen LogP contribution in [0.2, 0.25) is 0 Å². The van der Waals surface area contributed by atoms with Gasteiger partial charge < -0.3 is 5.32 Å². The molecule has 72 valence electrons. The van der Waals surface area contributed by atoms with E-state index >= 15 is 0 Å². The van der Waals surface area contributed by atoms with Crippen LogP contribution in [0.25, 0.3) is 0 Å². The fraction of sp³-hybridized carbons (Fsp3) is 0.250. The molecule has 0 saturated carbocycles. The molecular weight excluding hydrogens is 174 g/mol. The van der Waals surface area contributed by atoms with E-state index in [9.17, 15) is 4.79 Å². The van der Waals surface area contributed by atoms with Gasteiger partial charge >= 0.3 is 0 Å². The van der Waals surface area contributed by atoms with Gasteiger partial charge in [0, 0.05) is 5.56 Å². The first kappa shape index (κ1) is 10.3. The molecule has 0 unspecified atom stereocenters. The molecule has 0 radical (unpaired) electrons. The molecule has 1 amide bonds. The van der Waals surface area contributed by atoms with Crippen LogP contribution in [0.15, 0.2) is 30.3 Å². The monoisotopic (exact) mass is 187 g/mol. The summed E-state index contributed by atoms with van der Waals surface area (Å²) < 4.78 is 0. The highest BCUT2D eigenvalue weighted by Gasteiger charge is 2.08. The molecule has 2 nitrogen and oxygen atoms in total. The quantitative estimate of drug-likeness (QED) is 0.719. The van der Waals surface area contributed by atoms with Crippen LogP contribution in [0.3, 0.4) is 0 Å². The molecule has 14 heavy (non-hydrogen) atoms. The molecule has 0 spiro atoms. The highest BCUT2D eigenvalue weighted by atomic mass is 16.1. The van der Waals surface area contributed by atoms with E-state index in [1.807, 2.05) is 25.1 Å². The topological polar surface area (TPSA) is 29.1 Å². The number of benzene rings is 1. The lowest BCUT2D eigenvalue weighted by Crippen LogP contribution is -2.33. The van der Waals surface area contributed by atoms with Crippen molar-refractivity contribution in [2.75, 3.05) is 0 Å². The predicted octanol–water partition coefficient (Wildman–Crippen LogP) is 1.83. The summed E-state index contributed by atoms with van der Waals surface area (Å²) in [4.78, 5) is 11.6. The van der Waals surface area contributed by atoms with Crippen molar-refractivity contribution < 1.29 is 4.79 Å². The van der Waals surface area contributed by atoms with E-state index in [4.69, 9.17) is 6.42 Å². The Hall–Kier alpha value is -1.75. The van der Waals surface area contributed by atoms with Gasteiger partial charge in [-0.05, 0) is 18.6 Å². The number of rotatable bonds is 3. The summed E-state index contributed by atoms with van der Waals surface area (Å²) in [6, 6.07) is 8.87. The van der Waals surface area contributed by atoms with E-state index in [0.717, 1.165) is 6.42 Å². The third-order valence-electron chi connectivity index (χ3n) is 1.95. The molecule has 2 heteroatoms. The van der Waals surface area contributed by atoms with Crippen molar-refractivity contribution >= 4 is 5.91 Å². The van der Waals surface area contributed by atoms with E-state index in [2.05, 4.69) is 11.2 Å². The zero-order valence-electron chi connectivity index (χ0n) is 8.16. The molecule has 1 atom stereocenters. The summed E-state index contributed by atoms with van der Waals surface area (Å²) in [5.41, 5.74) is 0.640. The average Bonchev–Trinajstić information content (AvgIpc) is 2.26. The van der Waals surface area contributed by atoms with Gasteiger partial charge in [-0.2, -0.15) is 0 Å². The van der Waals surface area contributed by atoms with Crippen molar-refractivity contribution in [3.8, 4) is 12.3 Å². The molecule has 0 aliphatic heterocycles. The smallest absolute Gasteiger partial charge is 0.252 e. The highest BCUT2D eigenvalue weighted by molar-refractivity contribution is 5.94. The molecule has 0 heterocycles. The molecule has 0 fully saturated rings. The lowest BCUT2D eigenvalue weighted by atomic mass is 10.2. The lowest BCUT2D eigenvalue weighted by molar-refractivity contribution is 0.0945. The normalized spacial score (nSPS) is 11.4. The second kappa shape index (κ2) is 5.08. The van der Waals surface area contributed by atoms with E-state index in [0.29, 0.717) is 5.56 Å². The van der Waals surface area contributed by atoms with Gasteiger partial charge in [0.15, 0.2) is 0 Å². The molecule has 1 rings (SSSR count). The van der Waals surface area contributed by atoms with Crippen molar-refractivity contribution in [2.24, 2.45) is 0 Å². The number of hydrogen-bond acceptors (Lipinski definition) is 1. The van der Waals surface area contributed by atoms with Gasteiger partial charge in [-0.3, -0.25) is 4.79 Å². The van der Waals surface area contributed by atoms with Crippen LogP contribution in [0, 0.1) is 12.3 Å². The minimum atomic E-state index is -0.178. The molecule has 1 aromatic rings. The Kier molecular flexibility index (Phi) is 3.75. The van der Waals surface area contributed by atoms with Crippen molar-refractivity contribution in [2.45, 2.75) is 19.4 Å². The van der Waals surface area contributed by atoms with Crippen LogP contribution in [-0.2, 0) is 0 Å². The maximum atomic E-state index is 11.6. The lowest BCUT2D eigenvalue weighted by Gasteiger charge is -2.10. The first-order valence-corrected chi connectivity index (χ1v) is 4.60. The Morgan fingerprint density at radius 2 is 2.14 bits per heavy atom. The molecule has 0 aliphatic rings. The summed E-state index contributed by atoms with van der Waals surface area (Å²) in [5, 5.41) is 2.76. The van der Waals surface area contributed by atoms with Gasteiger partial charge in [0.1, 0.15) is 0 Å². The zero-order valence-corrected chi connectivity index (χ0v) is 8.16. The number of carbonyl (C=O) groups excluding carboxylic acids is 1. The zero-order chi connectivity index (χ0) is 10.4. The fourth-order valence-electron chi connectivity index (χ4n) is 1.09. The molecule has 0 bridgehead atoms. The highest BCUT2D eigenvalue weighted by Crippen LogP contribution is 1.99. The second-order valence-corrected chi connectivity index (χ2v) is 2.97. The van der Waals surface area contributed by atoms with Crippen LogP contribution < -0.4 is 5.32 Å². The van der Waals surface area contributed by atoms with E-state index in [1.54, 1.807) is 12.1 Å². The third kappa shape index (κ3) is 2.63. The van der Waals surface area contributed by atoms with Crippen molar-refractivity contribution in [1.29, 1.82) is 0 Å². The summed E-state index contributed by atoms with van der Waals surface area (Å²) in [7, 11) is 0. The van der Waals surface area contributed by atoms with E-state index in [-0.39, 0.29) is 11.9 Å². The Morgan fingerprint density at radius 3 is 2.64 bits per heavy atom. The molecule has 0 saturated heterocycles. The van der Waals surface area contributed by atoms with Crippen molar-refractivity contribution in [1.82, 2.24) is 5.32 Å². The Labute approximate surface area is 84.3 Å². The van der Waals surface area contributed by atoms with Crippen LogP contribution in [-0.4, -0.2) is 11.9 Å². The Bertz CT molecular complexity index is 337. The second-order valence-electron chi connectivity index (χ2n) is 2.97. The van der Waals surface area contributed by atoms with Gasteiger partial charge in [-0.15, -0.1) is 6.42 Å². The minimum absolute atomic E-state index is 0.115. The van der Waals surface area contributed by atoms with Gasteiger partial charge in [0.25, 0.3) is 5.91 Å². The first-order chi connectivity index (χ1) is 6.77. The van der Waals surface area contributed by atoms with Gasteiger partial charge in [-0.25, -0.2) is 0 Å². The third-order valence-corrected chi connectivity index (χ3v) is 1.95. The average molecular weight is 187 g/mol. The fourth-order valence-corrected chi connectivity index (χ4v) is 1.09. The summed E-state index contributed by atoms with van der Waals surface area (Å²) >= 11 is 0. The molecular formula is C12H13NO. The van der Waals surface area contributed by atoms with Gasteiger partial charge in [0.05, 0.1) is 6.04 Å². The first-order valence-electron chi connectivity index (χ1n) is 4.60. The van der Waals surface area contributed by atoms with Crippen molar-refractivity contribution in [3.63, 3.8) is 0 Å². The minimum Gasteiger partial charge on any atom is -0.338 e. The Balaban J connectivity index is 2.64. The standard InChI is InChI=1S/C12H13NO/c1-3-11(4-2)13-12(14)10-8-6-5-7-9-10/h1,5-9,11H,4H2,2H3,(H,13,14)/t11-/m0/s1. The SMILES string of the molecule is C#C[C@@H](CC)NC(=O)c1ccccc1. The van der Waals surface area contributed by atoms with E-state index < -0.39 is 0 Å². The summed E-state index contributed by atoms with van der Waals surface area (Å²) in [6.45, 7) is 1.94.